The molecule has 1 heterocycles. The van der Waals surface area contributed by atoms with Gasteiger partial charge in [0, 0.05) is 11.8 Å². The number of amides is 1. The summed E-state index contributed by atoms with van der Waals surface area (Å²) in [4.78, 5) is 21.4. The van der Waals surface area contributed by atoms with Crippen LogP contribution in [-0.2, 0) is 17.8 Å². The Morgan fingerprint density at radius 2 is 1.95 bits per heavy atom. The number of carboxylic acids is 1. The summed E-state index contributed by atoms with van der Waals surface area (Å²) >= 11 is 0. The minimum atomic E-state index is -0.946. The molecule has 7 heteroatoms. The van der Waals surface area contributed by atoms with Crippen LogP contribution in [0.25, 0.3) is 0 Å². The smallest absolute Gasteiger partial charge is 0.309 e. The summed E-state index contributed by atoms with van der Waals surface area (Å²) in [5, 5.41) is 16.2. The summed E-state index contributed by atoms with van der Waals surface area (Å²) in [6.07, 6.45) is 1.43. The predicted octanol–water partition coefficient (Wildman–Crippen LogP) is 0.0524. The van der Waals surface area contributed by atoms with Gasteiger partial charge in [0.15, 0.2) is 0 Å². The third-order valence-corrected chi connectivity index (χ3v) is 2.50. The van der Waals surface area contributed by atoms with Gasteiger partial charge in [-0.3, -0.25) is 9.59 Å². The molecular weight excluding hydrogens is 248 g/mol. The van der Waals surface area contributed by atoms with Crippen molar-refractivity contribution in [1.82, 2.24) is 15.0 Å². The van der Waals surface area contributed by atoms with Gasteiger partial charge >= 0.3 is 5.97 Å². The number of aliphatic carboxylic acids is 1. The number of benzene rings is 1. The van der Waals surface area contributed by atoms with E-state index in [0.29, 0.717) is 17.8 Å². The number of carbonyl (C=O) groups excluding carboxylic acids is 1. The molecule has 3 N–H and O–H groups in total. The fraction of sp³-hybridized carbons (Fsp3) is 0.167. The first-order chi connectivity index (χ1) is 9.04. The Bertz CT molecular complexity index is 604. The van der Waals surface area contributed by atoms with Crippen LogP contribution in [0, 0.1) is 0 Å². The van der Waals surface area contributed by atoms with Crippen molar-refractivity contribution < 1.29 is 14.7 Å². The zero-order chi connectivity index (χ0) is 13.8. The molecule has 19 heavy (non-hydrogen) atoms. The second-order valence-corrected chi connectivity index (χ2v) is 4.04. The van der Waals surface area contributed by atoms with Crippen LogP contribution in [0.15, 0.2) is 30.5 Å². The van der Waals surface area contributed by atoms with Crippen molar-refractivity contribution in [3.8, 4) is 0 Å². The first-order valence-corrected chi connectivity index (χ1v) is 5.54. The normalized spacial score (nSPS) is 10.3. The number of carbonyl (C=O) groups is 2. The van der Waals surface area contributed by atoms with Crippen molar-refractivity contribution in [1.29, 1.82) is 0 Å². The molecule has 1 aromatic carbocycles. The summed E-state index contributed by atoms with van der Waals surface area (Å²) in [6.45, 7) is 0.450. The van der Waals surface area contributed by atoms with E-state index in [2.05, 4.69) is 10.3 Å². The molecule has 2 aromatic rings. The van der Waals surface area contributed by atoms with E-state index in [1.807, 2.05) is 0 Å². The van der Waals surface area contributed by atoms with Crippen molar-refractivity contribution >= 4 is 11.9 Å². The summed E-state index contributed by atoms with van der Waals surface area (Å²) in [5.74, 6) is -1.42. The molecule has 0 saturated heterocycles. The van der Waals surface area contributed by atoms with Crippen molar-refractivity contribution in [2.75, 3.05) is 0 Å². The van der Waals surface area contributed by atoms with Gasteiger partial charge in [0.1, 0.15) is 0 Å². The van der Waals surface area contributed by atoms with Gasteiger partial charge in [0.05, 0.1) is 18.7 Å². The predicted molar refractivity (Wildman–Crippen MR) is 65.4 cm³/mol. The van der Waals surface area contributed by atoms with Gasteiger partial charge in [-0.1, -0.05) is 17.3 Å². The van der Waals surface area contributed by atoms with Gasteiger partial charge in [0.2, 0.25) is 5.91 Å². The number of nitrogens with two attached hydrogens (primary N) is 1. The number of rotatable bonds is 5. The average molecular weight is 260 g/mol. The third kappa shape index (κ3) is 3.38. The Kier molecular flexibility index (Phi) is 3.56. The Morgan fingerprint density at radius 1 is 1.26 bits per heavy atom. The lowest BCUT2D eigenvalue weighted by Crippen LogP contribution is -2.10. The van der Waals surface area contributed by atoms with Crippen molar-refractivity contribution in [3.63, 3.8) is 0 Å². The van der Waals surface area contributed by atoms with E-state index >= 15 is 0 Å². The van der Waals surface area contributed by atoms with Crippen molar-refractivity contribution in [2.24, 2.45) is 5.73 Å². The standard InChI is InChI=1S/C12H12N4O3/c13-12(19)9-3-1-8(2-4-9)6-16-7-10(14-15-16)5-11(17)18/h1-4,7H,5-6H2,(H2,13,19)(H,17,18). The fourth-order valence-corrected chi connectivity index (χ4v) is 1.61. The van der Waals surface area contributed by atoms with Gasteiger partial charge in [-0.05, 0) is 17.7 Å². The molecule has 0 aliphatic carbocycles. The lowest BCUT2D eigenvalue weighted by atomic mass is 10.1. The van der Waals surface area contributed by atoms with E-state index in [4.69, 9.17) is 10.8 Å². The van der Waals surface area contributed by atoms with Crippen molar-refractivity contribution in [2.45, 2.75) is 13.0 Å². The third-order valence-electron chi connectivity index (χ3n) is 2.50. The highest BCUT2D eigenvalue weighted by Gasteiger charge is 2.06. The molecule has 0 spiro atoms. The van der Waals surface area contributed by atoms with E-state index < -0.39 is 11.9 Å². The molecule has 0 saturated carbocycles. The second-order valence-electron chi connectivity index (χ2n) is 4.04. The van der Waals surface area contributed by atoms with Crippen LogP contribution in [-0.4, -0.2) is 32.0 Å². The summed E-state index contributed by atoms with van der Waals surface area (Å²) in [7, 11) is 0. The summed E-state index contributed by atoms with van der Waals surface area (Å²) < 4.78 is 1.54. The monoisotopic (exact) mass is 260 g/mol. The highest BCUT2D eigenvalue weighted by atomic mass is 16.4. The maximum absolute atomic E-state index is 10.9. The SMILES string of the molecule is NC(=O)c1ccc(Cn2cc(CC(=O)O)nn2)cc1. The molecule has 7 nitrogen and oxygen atoms in total. The van der Waals surface area contributed by atoms with E-state index in [-0.39, 0.29) is 6.42 Å². The molecule has 0 bridgehead atoms. The van der Waals surface area contributed by atoms with Crippen LogP contribution in [0.5, 0.6) is 0 Å². The maximum Gasteiger partial charge on any atom is 0.309 e. The number of nitrogens with zero attached hydrogens (tertiary/aromatic N) is 3. The molecule has 2 rings (SSSR count). The van der Waals surface area contributed by atoms with Crippen LogP contribution in [0.1, 0.15) is 21.6 Å². The van der Waals surface area contributed by atoms with Crippen LogP contribution in [0.4, 0.5) is 0 Å². The molecule has 0 atom stereocenters. The van der Waals surface area contributed by atoms with Crippen LogP contribution in [0.3, 0.4) is 0 Å². The Labute approximate surface area is 108 Å². The number of hydrogen-bond donors (Lipinski definition) is 2. The lowest BCUT2D eigenvalue weighted by molar-refractivity contribution is -0.136. The molecule has 98 valence electrons. The Morgan fingerprint density at radius 3 is 2.53 bits per heavy atom. The minimum Gasteiger partial charge on any atom is -0.481 e. The number of carboxylic acid groups (broad SMARTS) is 1. The van der Waals surface area contributed by atoms with Gasteiger partial charge in [0.25, 0.3) is 0 Å². The molecule has 1 amide bonds. The molecule has 0 unspecified atom stereocenters. The Balaban J connectivity index is 2.06. The average Bonchev–Trinajstić information content (AvgIpc) is 2.76. The van der Waals surface area contributed by atoms with E-state index in [9.17, 15) is 9.59 Å². The lowest BCUT2D eigenvalue weighted by Gasteiger charge is -2.01. The number of primary amides is 1. The zero-order valence-corrected chi connectivity index (χ0v) is 9.98. The van der Waals surface area contributed by atoms with Crippen LogP contribution >= 0.6 is 0 Å². The summed E-state index contributed by atoms with van der Waals surface area (Å²) in [5.41, 5.74) is 6.90. The van der Waals surface area contributed by atoms with Crippen LogP contribution < -0.4 is 5.73 Å². The molecule has 0 aliphatic rings. The maximum atomic E-state index is 10.9. The molecular formula is C12H12N4O3. The van der Waals surface area contributed by atoms with E-state index in [1.165, 1.54) is 4.68 Å². The fourth-order valence-electron chi connectivity index (χ4n) is 1.61. The van der Waals surface area contributed by atoms with E-state index in [0.717, 1.165) is 5.56 Å². The molecule has 0 radical (unpaired) electrons. The molecule has 0 fully saturated rings. The Hall–Kier alpha value is -2.70. The van der Waals surface area contributed by atoms with Gasteiger partial charge < -0.3 is 10.8 Å². The number of aromatic nitrogens is 3. The van der Waals surface area contributed by atoms with E-state index in [1.54, 1.807) is 30.5 Å². The van der Waals surface area contributed by atoms with Crippen molar-refractivity contribution in [3.05, 3.63) is 47.3 Å². The molecule has 0 aliphatic heterocycles. The molecule has 1 aromatic heterocycles. The first kappa shape index (κ1) is 12.7. The minimum absolute atomic E-state index is 0.152. The topological polar surface area (TPSA) is 111 Å². The second kappa shape index (κ2) is 5.30. The largest absolute Gasteiger partial charge is 0.481 e. The first-order valence-electron chi connectivity index (χ1n) is 5.54. The van der Waals surface area contributed by atoms with Crippen LogP contribution in [0.2, 0.25) is 0 Å². The van der Waals surface area contributed by atoms with Gasteiger partial charge in [-0.15, -0.1) is 5.10 Å². The quantitative estimate of drug-likeness (QED) is 0.789. The van der Waals surface area contributed by atoms with Gasteiger partial charge in [-0.2, -0.15) is 0 Å². The summed E-state index contributed by atoms with van der Waals surface area (Å²) in [6, 6.07) is 6.79. The highest BCUT2D eigenvalue weighted by molar-refractivity contribution is 5.92. The number of hydrogen-bond acceptors (Lipinski definition) is 4. The zero-order valence-electron chi connectivity index (χ0n) is 9.98. The highest BCUT2D eigenvalue weighted by Crippen LogP contribution is 2.06. The van der Waals surface area contributed by atoms with Gasteiger partial charge in [-0.25, -0.2) is 4.68 Å².